The summed E-state index contributed by atoms with van der Waals surface area (Å²) in [6, 6.07) is 0.735. The van der Waals surface area contributed by atoms with Crippen LogP contribution >= 0.6 is 0 Å². The topological polar surface area (TPSA) is 68.2 Å². The highest BCUT2D eigenvalue weighted by atomic mass is 16.4. The molecule has 2 N–H and O–H groups in total. The molecule has 0 saturated carbocycles. The molecule has 2 rings (SSSR count). The Balaban J connectivity index is 1.93. The minimum absolute atomic E-state index is 0.157. The number of nitrogens with two attached hydrogens (primary N) is 1. The summed E-state index contributed by atoms with van der Waals surface area (Å²) in [5, 5.41) is 7.63. The molecule has 1 aromatic rings. The van der Waals surface area contributed by atoms with Gasteiger partial charge in [-0.2, -0.15) is 0 Å². The standard InChI is InChI=1S/C11H20N4O/c1-2-4-9-5-3-7-15(8-6-9)11-14-13-10(12)16-11/h9H,2-8H2,1H3,(H2,12,13). The first-order chi connectivity index (χ1) is 7.79. The van der Waals surface area contributed by atoms with Crippen molar-refractivity contribution in [2.45, 2.75) is 39.0 Å². The van der Waals surface area contributed by atoms with Gasteiger partial charge in [0.05, 0.1) is 0 Å². The summed E-state index contributed by atoms with van der Waals surface area (Å²) >= 11 is 0. The van der Waals surface area contributed by atoms with E-state index in [1.54, 1.807) is 0 Å². The first-order valence-corrected chi connectivity index (χ1v) is 6.13. The molecule has 1 unspecified atom stereocenters. The molecule has 5 heteroatoms. The van der Waals surface area contributed by atoms with Crippen LogP contribution in [0.2, 0.25) is 0 Å². The van der Waals surface area contributed by atoms with Crippen LogP contribution in [-0.4, -0.2) is 23.3 Å². The second-order valence-electron chi connectivity index (χ2n) is 4.50. The molecule has 0 aromatic carbocycles. The highest BCUT2D eigenvalue weighted by Crippen LogP contribution is 2.24. The van der Waals surface area contributed by atoms with Crippen LogP contribution in [-0.2, 0) is 0 Å². The minimum atomic E-state index is 0.157. The Morgan fingerprint density at radius 1 is 1.38 bits per heavy atom. The first-order valence-electron chi connectivity index (χ1n) is 6.13. The van der Waals surface area contributed by atoms with Crippen molar-refractivity contribution in [2.24, 2.45) is 5.92 Å². The van der Waals surface area contributed by atoms with Crippen LogP contribution in [0, 0.1) is 5.92 Å². The fraction of sp³-hybridized carbons (Fsp3) is 0.818. The molecule has 90 valence electrons. The molecular weight excluding hydrogens is 204 g/mol. The van der Waals surface area contributed by atoms with Crippen molar-refractivity contribution in [2.75, 3.05) is 23.7 Å². The zero-order valence-electron chi connectivity index (χ0n) is 9.85. The van der Waals surface area contributed by atoms with E-state index in [-0.39, 0.29) is 6.01 Å². The summed E-state index contributed by atoms with van der Waals surface area (Å²) in [5.74, 6) is 0.857. The van der Waals surface area contributed by atoms with Gasteiger partial charge in [0.1, 0.15) is 0 Å². The molecule has 1 aliphatic rings. The molecule has 0 aliphatic carbocycles. The van der Waals surface area contributed by atoms with Gasteiger partial charge < -0.3 is 15.1 Å². The van der Waals surface area contributed by atoms with E-state index in [9.17, 15) is 0 Å². The van der Waals surface area contributed by atoms with E-state index in [0.717, 1.165) is 19.0 Å². The molecule has 1 atom stereocenters. The van der Waals surface area contributed by atoms with Gasteiger partial charge in [-0.3, -0.25) is 0 Å². The van der Waals surface area contributed by atoms with E-state index >= 15 is 0 Å². The molecule has 1 aliphatic heterocycles. The predicted molar refractivity (Wildman–Crippen MR) is 63.2 cm³/mol. The fourth-order valence-corrected chi connectivity index (χ4v) is 2.41. The van der Waals surface area contributed by atoms with Crippen LogP contribution in [0.3, 0.4) is 0 Å². The molecular formula is C11H20N4O. The Labute approximate surface area is 96.0 Å². The lowest BCUT2D eigenvalue weighted by molar-refractivity contribution is 0.434. The summed E-state index contributed by atoms with van der Waals surface area (Å²) < 4.78 is 5.26. The number of hydrogen-bond donors (Lipinski definition) is 1. The lowest BCUT2D eigenvalue weighted by Crippen LogP contribution is -2.24. The quantitative estimate of drug-likeness (QED) is 0.851. The molecule has 1 saturated heterocycles. The van der Waals surface area contributed by atoms with Crippen LogP contribution in [0.4, 0.5) is 12.0 Å². The highest BCUT2D eigenvalue weighted by Gasteiger charge is 2.19. The van der Waals surface area contributed by atoms with Gasteiger partial charge in [0.25, 0.3) is 0 Å². The number of rotatable bonds is 3. The van der Waals surface area contributed by atoms with Crippen molar-refractivity contribution in [1.82, 2.24) is 10.2 Å². The third-order valence-electron chi connectivity index (χ3n) is 3.25. The van der Waals surface area contributed by atoms with Gasteiger partial charge in [0.2, 0.25) is 0 Å². The van der Waals surface area contributed by atoms with Gasteiger partial charge in [-0.15, -0.1) is 0 Å². The largest absolute Gasteiger partial charge is 0.390 e. The molecule has 16 heavy (non-hydrogen) atoms. The first kappa shape index (κ1) is 11.2. The van der Waals surface area contributed by atoms with Gasteiger partial charge >= 0.3 is 12.0 Å². The molecule has 0 bridgehead atoms. The Bertz CT molecular complexity index is 326. The predicted octanol–water partition coefficient (Wildman–Crippen LogP) is 2.06. The van der Waals surface area contributed by atoms with E-state index in [2.05, 4.69) is 22.0 Å². The third kappa shape index (κ3) is 2.65. The second-order valence-corrected chi connectivity index (χ2v) is 4.50. The van der Waals surface area contributed by atoms with E-state index < -0.39 is 0 Å². The SMILES string of the molecule is CCCC1CCCN(c2nnc(N)o2)CC1. The van der Waals surface area contributed by atoms with Crippen molar-refractivity contribution in [1.29, 1.82) is 0 Å². The monoisotopic (exact) mass is 224 g/mol. The van der Waals surface area contributed by atoms with E-state index in [1.165, 1.54) is 32.1 Å². The van der Waals surface area contributed by atoms with E-state index in [0.29, 0.717) is 6.01 Å². The Kier molecular flexibility index (Phi) is 3.64. The van der Waals surface area contributed by atoms with Gasteiger partial charge in [-0.1, -0.05) is 30.0 Å². The maximum atomic E-state index is 5.43. The van der Waals surface area contributed by atoms with Gasteiger partial charge in [-0.25, -0.2) is 0 Å². The molecule has 0 amide bonds. The van der Waals surface area contributed by atoms with Gasteiger partial charge in [-0.05, 0) is 25.2 Å². The summed E-state index contributed by atoms with van der Waals surface area (Å²) in [5.41, 5.74) is 5.43. The van der Waals surface area contributed by atoms with Crippen LogP contribution < -0.4 is 10.6 Å². The maximum Gasteiger partial charge on any atom is 0.319 e. The average molecular weight is 224 g/mol. The summed E-state index contributed by atoms with van der Waals surface area (Å²) in [7, 11) is 0. The van der Waals surface area contributed by atoms with Gasteiger partial charge in [0.15, 0.2) is 0 Å². The minimum Gasteiger partial charge on any atom is -0.390 e. The summed E-state index contributed by atoms with van der Waals surface area (Å²) in [6.07, 6.45) is 6.34. The maximum absolute atomic E-state index is 5.43. The van der Waals surface area contributed by atoms with Crippen LogP contribution in [0.5, 0.6) is 0 Å². The third-order valence-corrected chi connectivity index (χ3v) is 3.25. The van der Waals surface area contributed by atoms with Crippen molar-refractivity contribution in [3.05, 3.63) is 0 Å². The van der Waals surface area contributed by atoms with E-state index in [1.807, 2.05) is 0 Å². The molecule has 5 nitrogen and oxygen atoms in total. The Morgan fingerprint density at radius 2 is 2.25 bits per heavy atom. The number of aromatic nitrogens is 2. The number of nitrogen functional groups attached to an aromatic ring is 1. The summed E-state index contributed by atoms with van der Waals surface area (Å²) in [4.78, 5) is 2.15. The van der Waals surface area contributed by atoms with Crippen molar-refractivity contribution < 1.29 is 4.42 Å². The zero-order chi connectivity index (χ0) is 11.4. The molecule has 0 radical (unpaired) electrons. The van der Waals surface area contributed by atoms with E-state index in [4.69, 9.17) is 10.2 Å². The van der Waals surface area contributed by atoms with Gasteiger partial charge in [0, 0.05) is 13.1 Å². The second kappa shape index (κ2) is 5.18. The molecule has 2 heterocycles. The lowest BCUT2D eigenvalue weighted by atomic mass is 9.96. The van der Waals surface area contributed by atoms with Crippen LogP contribution in [0.1, 0.15) is 39.0 Å². The lowest BCUT2D eigenvalue weighted by Gasteiger charge is -2.17. The Morgan fingerprint density at radius 3 is 2.94 bits per heavy atom. The average Bonchev–Trinajstić information content (AvgIpc) is 2.57. The highest BCUT2D eigenvalue weighted by molar-refractivity contribution is 5.27. The number of hydrogen-bond acceptors (Lipinski definition) is 5. The molecule has 1 aromatic heterocycles. The van der Waals surface area contributed by atoms with Crippen molar-refractivity contribution in [3.63, 3.8) is 0 Å². The van der Waals surface area contributed by atoms with Crippen molar-refractivity contribution in [3.8, 4) is 0 Å². The number of nitrogens with zero attached hydrogens (tertiary/aromatic N) is 3. The van der Waals surface area contributed by atoms with Crippen LogP contribution in [0.15, 0.2) is 4.42 Å². The normalized spacial score (nSPS) is 22.1. The molecule has 1 fully saturated rings. The fourth-order valence-electron chi connectivity index (χ4n) is 2.41. The zero-order valence-corrected chi connectivity index (χ0v) is 9.85. The molecule has 0 spiro atoms. The number of anilines is 2. The van der Waals surface area contributed by atoms with Crippen molar-refractivity contribution >= 4 is 12.0 Å². The summed E-state index contributed by atoms with van der Waals surface area (Å²) in [6.45, 7) is 4.26. The smallest absolute Gasteiger partial charge is 0.319 e. The Hall–Kier alpha value is -1.26. The van der Waals surface area contributed by atoms with Crippen LogP contribution in [0.25, 0.3) is 0 Å².